The summed E-state index contributed by atoms with van der Waals surface area (Å²) in [5.74, 6) is 0.227. The summed E-state index contributed by atoms with van der Waals surface area (Å²) in [6.45, 7) is 1.85. The Bertz CT molecular complexity index is 312. The second kappa shape index (κ2) is 4.93. The first-order valence-electron chi connectivity index (χ1n) is 4.31. The van der Waals surface area contributed by atoms with Crippen LogP contribution < -0.4 is 11.1 Å². The van der Waals surface area contributed by atoms with Crippen LogP contribution in [0.4, 0.5) is 5.82 Å². The van der Waals surface area contributed by atoms with Crippen LogP contribution in [0.15, 0.2) is 18.3 Å². The van der Waals surface area contributed by atoms with Gasteiger partial charge in [-0.3, -0.25) is 4.79 Å². The number of nitrogens with zero attached hydrogens (tertiary/aromatic N) is 1. The van der Waals surface area contributed by atoms with Gasteiger partial charge < -0.3 is 11.1 Å². The molecule has 76 valence electrons. The number of nitrogens with one attached hydrogen (secondary N) is 1. The zero-order valence-corrected chi connectivity index (χ0v) is 8.58. The van der Waals surface area contributed by atoms with Gasteiger partial charge in [-0.2, -0.15) is 0 Å². The number of anilines is 1. The van der Waals surface area contributed by atoms with Crippen molar-refractivity contribution in [2.75, 3.05) is 5.32 Å². The van der Waals surface area contributed by atoms with Crippen LogP contribution >= 0.6 is 11.6 Å². The van der Waals surface area contributed by atoms with Crippen molar-refractivity contribution in [1.29, 1.82) is 0 Å². The molecule has 1 aromatic heterocycles. The fraction of sp³-hybridized carbons (Fsp3) is 0.333. The molecule has 0 aromatic carbocycles. The molecule has 0 saturated heterocycles. The molecule has 1 rings (SSSR count). The molecule has 0 unspecified atom stereocenters. The van der Waals surface area contributed by atoms with Gasteiger partial charge in [-0.15, -0.1) is 0 Å². The number of halogens is 1. The predicted octanol–water partition coefficient (Wildman–Crippen LogP) is 1.41. The van der Waals surface area contributed by atoms with E-state index < -0.39 is 6.04 Å². The Labute approximate surface area is 87.5 Å². The predicted molar refractivity (Wildman–Crippen MR) is 56.1 cm³/mol. The van der Waals surface area contributed by atoms with Crippen molar-refractivity contribution >= 4 is 23.3 Å². The summed E-state index contributed by atoms with van der Waals surface area (Å²) in [6.07, 6.45) is 2.06. The van der Waals surface area contributed by atoms with Gasteiger partial charge in [0.05, 0.1) is 11.1 Å². The average Bonchev–Trinajstić information content (AvgIpc) is 2.20. The summed E-state index contributed by atoms with van der Waals surface area (Å²) >= 11 is 5.64. The summed E-state index contributed by atoms with van der Waals surface area (Å²) < 4.78 is 0. The highest BCUT2D eigenvalue weighted by molar-refractivity contribution is 6.30. The van der Waals surface area contributed by atoms with Gasteiger partial charge in [0.15, 0.2) is 0 Å². The van der Waals surface area contributed by atoms with E-state index in [1.165, 1.54) is 6.20 Å². The topological polar surface area (TPSA) is 68.0 Å². The third-order valence-corrected chi connectivity index (χ3v) is 1.98. The lowest BCUT2D eigenvalue weighted by Crippen LogP contribution is -2.35. The number of nitrogens with two attached hydrogens (primary N) is 1. The molecule has 0 aliphatic heterocycles. The summed E-state index contributed by atoms with van der Waals surface area (Å²) in [5.41, 5.74) is 5.53. The molecule has 0 fully saturated rings. The van der Waals surface area contributed by atoms with Gasteiger partial charge in [0.1, 0.15) is 5.82 Å². The van der Waals surface area contributed by atoms with E-state index in [2.05, 4.69) is 10.3 Å². The molecule has 0 saturated carbocycles. The van der Waals surface area contributed by atoms with E-state index in [4.69, 9.17) is 17.3 Å². The maximum absolute atomic E-state index is 11.3. The van der Waals surface area contributed by atoms with Gasteiger partial charge in [-0.1, -0.05) is 18.5 Å². The van der Waals surface area contributed by atoms with Gasteiger partial charge in [0.2, 0.25) is 5.91 Å². The molecule has 0 radical (unpaired) electrons. The van der Waals surface area contributed by atoms with Gasteiger partial charge in [0.25, 0.3) is 0 Å². The standard InChI is InChI=1S/C9H12ClN3O/c1-2-7(11)9(14)13-8-4-3-6(10)5-12-8/h3-5,7H,2,11H2,1H3,(H,12,13,14)/t7-/m1/s1. The van der Waals surface area contributed by atoms with Crippen LogP contribution in [0, 0.1) is 0 Å². The Morgan fingerprint density at radius 2 is 2.43 bits per heavy atom. The minimum Gasteiger partial charge on any atom is -0.320 e. The van der Waals surface area contributed by atoms with E-state index in [-0.39, 0.29) is 5.91 Å². The average molecular weight is 214 g/mol. The number of hydrogen-bond acceptors (Lipinski definition) is 3. The maximum Gasteiger partial charge on any atom is 0.242 e. The maximum atomic E-state index is 11.3. The SMILES string of the molecule is CC[C@@H](N)C(=O)Nc1ccc(Cl)cn1. The van der Waals surface area contributed by atoms with Crippen molar-refractivity contribution in [2.24, 2.45) is 5.73 Å². The molecule has 1 heterocycles. The van der Waals surface area contributed by atoms with E-state index in [0.717, 1.165) is 0 Å². The molecule has 0 aliphatic rings. The zero-order chi connectivity index (χ0) is 10.6. The second-order valence-corrected chi connectivity index (χ2v) is 3.30. The fourth-order valence-electron chi connectivity index (χ4n) is 0.854. The highest BCUT2D eigenvalue weighted by Crippen LogP contribution is 2.09. The van der Waals surface area contributed by atoms with Crippen LogP contribution in [0.1, 0.15) is 13.3 Å². The summed E-state index contributed by atoms with van der Waals surface area (Å²) in [4.78, 5) is 15.2. The molecular formula is C9H12ClN3O. The Balaban J connectivity index is 2.60. The molecule has 1 amide bonds. The Morgan fingerprint density at radius 1 is 1.71 bits per heavy atom. The first-order chi connectivity index (χ1) is 6.63. The molecule has 5 heteroatoms. The van der Waals surface area contributed by atoms with Crippen LogP contribution in [0.5, 0.6) is 0 Å². The quantitative estimate of drug-likeness (QED) is 0.798. The third-order valence-electron chi connectivity index (χ3n) is 1.76. The van der Waals surface area contributed by atoms with Crippen molar-refractivity contribution in [3.63, 3.8) is 0 Å². The van der Waals surface area contributed by atoms with Crippen LogP contribution in [-0.2, 0) is 4.79 Å². The minimum absolute atomic E-state index is 0.234. The van der Waals surface area contributed by atoms with Crippen LogP contribution in [0.2, 0.25) is 5.02 Å². The first kappa shape index (κ1) is 10.9. The molecule has 1 aromatic rings. The Kier molecular flexibility index (Phi) is 3.85. The van der Waals surface area contributed by atoms with Crippen molar-refractivity contribution in [3.05, 3.63) is 23.4 Å². The molecule has 0 spiro atoms. The summed E-state index contributed by atoms with van der Waals surface area (Å²) in [7, 11) is 0. The zero-order valence-electron chi connectivity index (χ0n) is 7.83. The largest absolute Gasteiger partial charge is 0.320 e. The smallest absolute Gasteiger partial charge is 0.242 e. The van der Waals surface area contributed by atoms with Crippen molar-refractivity contribution in [1.82, 2.24) is 4.98 Å². The lowest BCUT2D eigenvalue weighted by Gasteiger charge is -2.08. The van der Waals surface area contributed by atoms with E-state index in [1.807, 2.05) is 6.92 Å². The first-order valence-corrected chi connectivity index (χ1v) is 4.69. The van der Waals surface area contributed by atoms with Gasteiger partial charge >= 0.3 is 0 Å². The van der Waals surface area contributed by atoms with Gasteiger partial charge in [-0.25, -0.2) is 4.98 Å². The van der Waals surface area contributed by atoms with Crippen LogP contribution in [0.25, 0.3) is 0 Å². The highest BCUT2D eigenvalue weighted by atomic mass is 35.5. The molecule has 14 heavy (non-hydrogen) atoms. The summed E-state index contributed by atoms with van der Waals surface area (Å²) in [5, 5.41) is 3.12. The van der Waals surface area contributed by atoms with Gasteiger partial charge in [-0.05, 0) is 18.6 Å². The molecule has 0 aliphatic carbocycles. The van der Waals surface area contributed by atoms with E-state index in [1.54, 1.807) is 12.1 Å². The number of rotatable bonds is 3. The number of carbonyl (C=O) groups excluding carboxylic acids is 1. The molecule has 1 atom stereocenters. The Morgan fingerprint density at radius 3 is 2.93 bits per heavy atom. The fourth-order valence-corrected chi connectivity index (χ4v) is 0.966. The number of hydrogen-bond donors (Lipinski definition) is 2. The normalized spacial score (nSPS) is 12.2. The lowest BCUT2D eigenvalue weighted by atomic mass is 10.2. The van der Waals surface area contributed by atoms with Crippen molar-refractivity contribution in [2.45, 2.75) is 19.4 Å². The molecule has 3 N–H and O–H groups in total. The monoisotopic (exact) mass is 213 g/mol. The van der Waals surface area contributed by atoms with E-state index in [0.29, 0.717) is 17.3 Å². The van der Waals surface area contributed by atoms with Crippen LogP contribution in [-0.4, -0.2) is 16.9 Å². The molecule has 0 bridgehead atoms. The molecular weight excluding hydrogens is 202 g/mol. The number of amides is 1. The molecule has 4 nitrogen and oxygen atoms in total. The summed E-state index contributed by atoms with van der Waals surface area (Å²) in [6, 6.07) is 2.79. The van der Waals surface area contributed by atoms with Crippen LogP contribution in [0.3, 0.4) is 0 Å². The minimum atomic E-state index is -0.493. The van der Waals surface area contributed by atoms with E-state index >= 15 is 0 Å². The Hall–Kier alpha value is -1.13. The lowest BCUT2D eigenvalue weighted by molar-refractivity contribution is -0.117. The van der Waals surface area contributed by atoms with Crippen molar-refractivity contribution in [3.8, 4) is 0 Å². The second-order valence-electron chi connectivity index (χ2n) is 2.87. The number of carbonyl (C=O) groups is 1. The van der Waals surface area contributed by atoms with Gasteiger partial charge in [0, 0.05) is 6.20 Å². The van der Waals surface area contributed by atoms with Crippen molar-refractivity contribution < 1.29 is 4.79 Å². The van der Waals surface area contributed by atoms with E-state index in [9.17, 15) is 4.79 Å². The third kappa shape index (κ3) is 2.97. The number of pyridine rings is 1. The number of aromatic nitrogens is 1. The highest BCUT2D eigenvalue weighted by Gasteiger charge is 2.10.